The van der Waals surface area contributed by atoms with Crippen LogP contribution in [0.5, 0.6) is 11.5 Å². The number of rotatable bonds is 2. The summed E-state index contributed by atoms with van der Waals surface area (Å²) in [5.41, 5.74) is 0.355. The van der Waals surface area contributed by atoms with Gasteiger partial charge in [-0.1, -0.05) is 0 Å². The number of nitrogens with one attached hydrogen (secondary N) is 1. The molecular weight excluding hydrogens is 244 g/mol. The summed E-state index contributed by atoms with van der Waals surface area (Å²) in [7, 11) is 1.53. The second-order valence-corrected chi connectivity index (χ2v) is 5.27. The zero-order valence-corrected chi connectivity index (χ0v) is 10.9. The second-order valence-electron chi connectivity index (χ2n) is 5.27. The Morgan fingerprint density at radius 2 is 2.05 bits per heavy atom. The van der Waals surface area contributed by atoms with Gasteiger partial charge < -0.3 is 20.1 Å². The van der Waals surface area contributed by atoms with Gasteiger partial charge in [-0.15, -0.1) is 0 Å². The van der Waals surface area contributed by atoms with Gasteiger partial charge in [-0.3, -0.25) is 4.79 Å². The average Bonchev–Trinajstić information content (AvgIpc) is 2.98. The van der Waals surface area contributed by atoms with Gasteiger partial charge in [0, 0.05) is 32.2 Å². The molecule has 0 aromatic heterocycles. The lowest BCUT2D eigenvalue weighted by atomic mass is 10.0. The largest absolute Gasteiger partial charge is 0.507 e. The highest BCUT2D eigenvalue weighted by atomic mass is 16.5. The number of hydrogen-bond acceptors (Lipinski definition) is 4. The maximum atomic E-state index is 12.4. The lowest BCUT2D eigenvalue weighted by molar-refractivity contribution is 0.0778. The van der Waals surface area contributed by atoms with Crippen molar-refractivity contribution < 1.29 is 14.6 Å². The van der Waals surface area contributed by atoms with Crippen molar-refractivity contribution in [3.05, 3.63) is 23.8 Å². The number of benzene rings is 1. The van der Waals surface area contributed by atoms with Crippen LogP contribution < -0.4 is 10.1 Å². The van der Waals surface area contributed by atoms with Crippen molar-refractivity contribution >= 4 is 5.91 Å². The van der Waals surface area contributed by atoms with Gasteiger partial charge in [0.25, 0.3) is 5.91 Å². The van der Waals surface area contributed by atoms with Crippen LogP contribution in [0, 0.1) is 11.8 Å². The summed E-state index contributed by atoms with van der Waals surface area (Å²) in [5.74, 6) is 1.57. The molecule has 19 heavy (non-hydrogen) atoms. The van der Waals surface area contributed by atoms with E-state index in [2.05, 4.69) is 5.32 Å². The molecule has 2 N–H and O–H groups in total. The molecule has 5 nitrogen and oxygen atoms in total. The molecule has 1 amide bonds. The van der Waals surface area contributed by atoms with Gasteiger partial charge in [-0.2, -0.15) is 0 Å². The topological polar surface area (TPSA) is 61.8 Å². The molecule has 2 aliphatic heterocycles. The van der Waals surface area contributed by atoms with Crippen LogP contribution in [-0.4, -0.2) is 49.2 Å². The predicted molar refractivity (Wildman–Crippen MR) is 70.4 cm³/mol. The number of phenolic OH excluding ortho intramolecular Hbond substituents is 1. The molecule has 0 bridgehead atoms. The van der Waals surface area contributed by atoms with Crippen molar-refractivity contribution in [2.75, 3.05) is 33.3 Å². The van der Waals surface area contributed by atoms with Crippen molar-refractivity contribution in [2.24, 2.45) is 11.8 Å². The number of carbonyl (C=O) groups is 1. The van der Waals surface area contributed by atoms with E-state index in [0.29, 0.717) is 23.1 Å². The van der Waals surface area contributed by atoms with Crippen molar-refractivity contribution in [1.82, 2.24) is 10.2 Å². The lowest BCUT2D eigenvalue weighted by Gasteiger charge is -2.18. The molecule has 3 rings (SSSR count). The number of ether oxygens (including phenoxy) is 1. The average molecular weight is 262 g/mol. The standard InChI is InChI=1S/C14H18N2O3/c1-19-11-2-3-12(13(17)4-11)14(18)16-7-9-5-15-6-10(9)8-16/h2-4,9-10,15,17H,5-8H2,1H3. The zero-order valence-electron chi connectivity index (χ0n) is 10.9. The summed E-state index contributed by atoms with van der Waals surface area (Å²) >= 11 is 0. The summed E-state index contributed by atoms with van der Waals surface area (Å²) in [6.45, 7) is 3.54. The molecule has 5 heteroatoms. The predicted octanol–water partition coefficient (Wildman–Crippen LogP) is 0.692. The molecule has 1 aromatic rings. The van der Waals surface area contributed by atoms with Crippen molar-refractivity contribution in [3.8, 4) is 11.5 Å². The van der Waals surface area contributed by atoms with Gasteiger partial charge in [-0.05, 0) is 24.0 Å². The highest BCUT2D eigenvalue weighted by Gasteiger charge is 2.38. The third-order valence-electron chi connectivity index (χ3n) is 4.11. The number of phenols is 1. The summed E-state index contributed by atoms with van der Waals surface area (Å²) in [6.07, 6.45) is 0. The number of carbonyl (C=O) groups excluding carboxylic acids is 1. The van der Waals surface area contributed by atoms with Crippen LogP contribution in [0.15, 0.2) is 18.2 Å². The maximum absolute atomic E-state index is 12.4. The van der Waals surface area contributed by atoms with Gasteiger partial charge in [-0.25, -0.2) is 0 Å². The van der Waals surface area contributed by atoms with Crippen molar-refractivity contribution in [2.45, 2.75) is 0 Å². The fraction of sp³-hybridized carbons (Fsp3) is 0.500. The Balaban J connectivity index is 1.77. The molecule has 2 atom stereocenters. The lowest BCUT2D eigenvalue weighted by Crippen LogP contribution is -2.31. The van der Waals surface area contributed by atoms with E-state index in [9.17, 15) is 9.90 Å². The molecule has 2 aliphatic rings. The molecule has 2 saturated heterocycles. The summed E-state index contributed by atoms with van der Waals surface area (Å²) in [5, 5.41) is 13.3. The quantitative estimate of drug-likeness (QED) is 0.823. The first kappa shape index (κ1) is 12.3. The normalized spacial score (nSPS) is 25.4. The Hall–Kier alpha value is -1.75. The van der Waals surface area contributed by atoms with Gasteiger partial charge in [0.1, 0.15) is 11.5 Å². The number of nitrogens with zero attached hydrogens (tertiary/aromatic N) is 1. The Bertz CT molecular complexity index is 491. The highest BCUT2D eigenvalue weighted by molar-refractivity contribution is 5.97. The highest BCUT2D eigenvalue weighted by Crippen LogP contribution is 2.30. The van der Waals surface area contributed by atoms with E-state index in [4.69, 9.17) is 4.74 Å². The molecule has 0 radical (unpaired) electrons. The van der Waals surface area contributed by atoms with Crippen LogP contribution in [0.2, 0.25) is 0 Å². The second kappa shape index (κ2) is 4.74. The van der Waals surface area contributed by atoms with Crippen LogP contribution in [-0.2, 0) is 0 Å². The number of likely N-dealkylation sites (tertiary alicyclic amines) is 1. The van der Waals surface area contributed by atoms with Gasteiger partial charge in [0.15, 0.2) is 0 Å². The number of fused-ring (bicyclic) bond motifs is 1. The third-order valence-corrected chi connectivity index (χ3v) is 4.11. The fourth-order valence-electron chi connectivity index (χ4n) is 3.01. The third kappa shape index (κ3) is 2.14. The first-order chi connectivity index (χ1) is 9.19. The monoisotopic (exact) mass is 262 g/mol. The first-order valence-electron chi connectivity index (χ1n) is 6.56. The van der Waals surface area contributed by atoms with E-state index in [1.165, 1.54) is 13.2 Å². The smallest absolute Gasteiger partial charge is 0.257 e. The molecule has 2 unspecified atom stereocenters. The van der Waals surface area contributed by atoms with Gasteiger partial charge in [0.05, 0.1) is 12.7 Å². The van der Waals surface area contributed by atoms with E-state index in [-0.39, 0.29) is 11.7 Å². The van der Waals surface area contributed by atoms with Crippen LogP contribution in [0.25, 0.3) is 0 Å². The number of hydrogen-bond donors (Lipinski definition) is 2. The molecular formula is C14H18N2O3. The van der Waals surface area contributed by atoms with Crippen LogP contribution in [0.4, 0.5) is 0 Å². The molecule has 2 fully saturated rings. The Kier molecular flexibility index (Phi) is 3.06. The first-order valence-corrected chi connectivity index (χ1v) is 6.56. The molecule has 0 aliphatic carbocycles. The van der Waals surface area contributed by atoms with E-state index >= 15 is 0 Å². The Morgan fingerprint density at radius 3 is 2.63 bits per heavy atom. The van der Waals surface area contributed by atoms with E-state index in [0.717, 1.165) is 26.2 Å². The molecule has 102 valence electrons. The Labute approximate surface area is 112 Å². The fourth-order valence-corrected chi connectivity index (χ4v) is 3.01. The van der Waals surface area contributed by atoms with Gasteiger partial charge >= 0.3 is 0 Å². The van der Waals surface area contributed by atoms with Gasteiger partial charge in [0.2, 0.25) is 0 Å². The zero-order chi connectivity index (χ0) is 13.4. The molecule has 2 heterocycles. The van der Waals surface area contributed by atoms with E-state index < -0.39 is 0 Å². The molecule has 1 aromatic carbocycles. The van der Waals surface area contributed by atoms with Crippen molar-refractivity contribution in [3.63, 3.8) is 0 Å². The summed E-state index contributed by atoms with van der Waals surface area (Å²) in [6, 6.07) is 4.81. The van der Waals surface area contributed by atoms with E-state index in [1.807, 2.05) is 4.90 Å². The maximum Gasteiger partial charge on any atom is 0.257 e. The SMILES string of the molecule is COc1ccc(C(=O)N2CC3CNCC3C2)c(O)c1. The number of amides is 1. The summed E-state index contributed by atoms with van der Waals surface area (Å²) in [4.78, 5) is 14.2. The molecule has 0 spiro atoms. The van der Waals surface area contributed by atoms with E-state index in [1.54, 1.807) is 12.1 Å². The molecule has 0 saturated carbocycles. The summed E-state index contributed by atoms with van der Waals surface area (Å²) < 4.78 is 5.02. The minimum atomic E-state index is -0.0884. The van der Waals surface area contributed by atoms with Crippen LogP contribution >= 0.6 is 0 Å². The Morgan fingerprint density at radius 1 is 1.37 bits per heavy atom. The van der Waals surface area contributed by atoms with Crippen LogP contribution in [0.1, 0.15) is 10.4 Å². The minimum Gasteiger partial charge on any atom is -0.507 e. The number of methoxy groups -OCH3 is 1. The minimum absolute atomic E-state index is 0.0143. The van der Waals surface area contributed by atoms with Crippen LogP contribution in [0.3, 0.4) is 0 Å². The number of aromatic hydroxyl groups is 1. The van der Waals surface area contributed by atoms with Crippen molar-refractivity contribution in [1.29, 1.82) is 0 Å².